The molecule has 176 valence electrons. The van der Waals surface area contributed by atoms with E-state index in [0.717, 1.165) is 41.3 Å². The van der Waals surface area contributed by atoms with Crippen molar-refractivity contribution in [3.05, 3.63) is 47.5 Å². The molecule has 0 spiro atoms. The van der Waals surface area contributed by atoms with Crippen LogP contribution >= 0.6 is 0 Å². The number of fused-ring (bicyclic) bond motifs is 1. The van der Waals surface area contributed by atoms with E-state index in [9.17, 15) is 9.90 Å². The number of ether oxygens (including phenoxy) is 1. The van der Waals surface area contributed by atoms with Crippen molar-refractivity contribution >= 4 is 28.6 Å². The van der Waals surface area contributed by atoms with E-state index in [1.807, 2.05) is 51.1 Å². The number of nitrogens with one attached hydrogen (secondary N) is 1. The summed E-state index contributed by atoms with van der Waals surface area (Å²) in [5.74, 6) is 1.26. The lowest BCUT2D eigenvalue weighted by Crippen LogP contribution is -2.29. The predicted octanol–water partition coefficient (Wildman–Crippen LogP) is 6.96. The van der Waals surface area contributed by atoms with E-state index in [-0.39, 0.29) is 17.6 Å². The number of hydrogen-bond acceptors (Lipinski definition) is 4. The van der Waals surface area contributed by atoms with Crippen LogP contribution in [0.4, 0.5) is 11.6 Å². The molecule has 2 N–H and O–H groups in total. The third kappa shape index (κ3) is 5.00. The highest BCUT2D eigenvalue weighted by Crippen LogP contribution is 2.46. The fourth-order valence-corrected chi connectivity index (χ4v) is 5.44. The summed E-state index contributed by atoms with van der Waals surface area (Å²) < 4.78 is 8.06. The Balaban J connectivity index is 1.78. The molecule has 0 radical (unpaired) electrons. The summed E-state index contributed by atoms with van der Waals surface area (Å²) in [6, 6.07) is 11.8. The molecule has 33 heavy (non-hydrogen) atoms. The van der Waals surface area contributed by atoms with Crippen molar-refractivity contribution in [3.63, 3.8) is 0 Å². The molecule has 6 nitrogen and oxygen atoms in total. The van der Waals surface area contributed by atoms with Gasteiger partial charge in [-0.15, -0.1) is 0 Å². The molecule has 1 saturated carbocycles. The number of aromatic carboxylic acids is 1. The van der Waals surface area contributed by atoms with Crippen LogP contribution in [0.1, 0.15) is 75.8 Å². The first kappa shape index (κ1) is 23.1. The molecule has 0 saturated heterocycles. The average Bonchev–Trinajstić information content (AvgIpc) is 3.03. The van der Waals surface area contributed by atoms with Crippen molar-refractivity contribution < 1.29 is 14.6 Å². The Morgan fingerprint density at radius 2 is 1.91 bits per heavy atom. The Hall–Kier alpha value is -3.02. The number of imidazole rings is 1. The summed E-state index contributed by atoms with van der Waals surface area (Å²) in [7, 11) is 0. The highest BCUT2D eigenvalue weighted by atomic mass is 16.5. The van der Waals surface area contributed by atoms with E-state index in [1.165, 1.54) is 6.42 Å². The Bertz CT molecular complexity index is 1160. The summed E-state index contributed by atoms with van der Waals surface area (Å²) in [4.78, 5) is 16.6. The SMILES string of the molecule is Cc1cc2c(cc1C(=O)O)nc(Nc1ccc(OC(C)C)cc1)n2[C@@H]1C[C@H](C)CC(C)(C)C1. The van der Waals surface area contributed by atoms with Crippen LogP contribution in [0.2, 0.25) is 0 Å². The molecule has 0 bridgehead atoms. The van der Waals surface area contributed by atoms with Crippen LogP contribution in [0.3, 0.4) is 0 Å². The molecule has 1 aliphatic rings. The fraction of sp³-hybridized carbons (Fsp3) is 0.481. The van der Waals surface area contributed by atoms with Gasteiger partial charge < -0.3 is 19.7 Å². The van der Waals surface area contributed by atoms with Crippen molar-refractivity contribution in [2.45, 2.75) is 73.0 Å². The fourth-order valence-electron chi connectivity index (χ4n) is 5.44. The number of benzene rings is 2. The van der Waals surface area contributed by atoms with E-state index in [0.29, 0.717) is 17.0 Å². The molecule has 0 amide bonds. The summed E-state index contributed by atoms with van der Waals surface area (Å²) in [5, 5.41) is 13.1. The van der Waals surface area contributed by atoms with Crippen molar-refractivity contribution in [1.29, 1.82) is 0 Å². The average molecular weight is 450 g/mol. The molecule has 3 aromatic rings. The maximum Gasteiger partial charge on any atom is 0.336 e. The normalized spacial score (nSPS) is 20.2. The Labute approximate surface area is 196 Å². The topological polar surface area (TPSA) is 76.4 Å². The van der Waals surface area contributed by atoms with Gasteiger partial charge in [0.25, 0.3) is 0 Å². The van der Waals surface area contributed by atoms with Crippen molar-refractivity contribution in [2.24, 2.45) is 11.3 Å². The first-order valence-corrected chi connectivity index (χ1v) is 11.8. The molecule has 4 rings (SSSR count). The van der Waals surface area contributed by atoms with Gasteiger partial charge >= 0.3 is 5.97 Å². The quantitative estimate of drug-likeness (QED) is 0.425. The summed E-state index contributed by atoms with van der Waals surface area (Å²) in [5.41, 5.74) is 3.89. The van der Waals surface area contributed by atoms with Crippen LogP contribution in [0, 0.1) is 18.3 Å². The number of anilines is 2. The molecule has 0 aliphatic heterocycles. The summed E-state index contributed by atoms with van der Waals surface area (Å²) in [6.07, 6.45) is 3.46. The maximum atomic E-state index is 11.7. The summed E-state index contributed by atoms with van der Waals surface area (Å²) >= 11 is 0. The number of carboxylic acids is 1. The van der Waals surface area contributed by atoms with Crippen molar-refractivity contribution in [3.8, 4) is 5.75 Å². The van der Waals surface area contributed by atoms with Crippen LogP contribution in [0.15, 0.2) is 36.4 Å². The molecular formula is C27H35N3O3. The Kier molecular flexibility index (Phi) is 6.12. The zero-order valence-corrected chi connectivity index (χ0v) is 20.5. The second-order valence-corrected chi connectivity index (χ2v) is 10.6. The molecular weight excluding hydrogens is 414 g/mol. The molecule has 1 aliphatic carbocycles. The number of carboxylic acid groups (broad SMARTS) is 1. The highest BCUT2D eigenvalue weighted by Gasteiger charge is 2.35. The van der Waals surface area contributed by atoms with Crippen LogP contribution in [-0.2, 0) is 0 Å². The number of aromatic nitrogens is 2. The number of carbonyl (C=O) groups is 1. The number of nitrogens with zero attached hydrogens (tertiary/aromatic N) is 2. The molecule has 2 aromatic carbocycles. The van der Waals surface area contributed by atoms with Gasteiger partial charge in [0, 0.05) is 11.7 Å². The van der Waals surface area contributed by atoms with E-state index < -0.39 is 5.97 Å². The lowest BCUT2D eigenvalue weighted by molar-refractivity contribution is 0.0696. The second-order valence-electron chi connectivity index (χ2n) is 10.6. The monoisotopic (exact) mass is 449 g/mol. The van der Waals surface area contributed by atoms with Gasteiger partial charge in [-0.3, -0.25) is 0 Å². The lowest BCUT2D eigenvalue weighted by Gasteiger charge is -2.40. The Morgan fingerprint density at radius 1 is 1.21 bits per heavy atom. The van der Waals surface area contributed by atoms with Crippen LogP contribution < -0.4 is 10.1 Å². The smallest absolute Gasteiger partial charge is 0.336 e. The van der Waals surface area contributed by atoms with Crippen LogP contribution in [0.5, 0.6) is 5.75 Å². The molecule has 0 unspecified atom stereocenters. The van der Waals surface area contributed by atoms with Gasteiger partial charge in [0.05, 0.1) is 22.7 Å². The maximum absolute atomic E-state index is 11.7. The van der Waals surface area contributed by atoms with Crippen LogP contribution in [-0.4, -0.2) is 26.7 Å². The van der Waals surface area contributed by atoms with E-state index in [1.54, 1.807) is 6.07 Å². The minimum absolute atomic E-state index is 0.122. The lowest BCUT2D eigenvalue weighted by atomic mass is 9.70. The Morgan fingerprint density at radius 3 is 2.52 bits per heavy atom. The van der Waals surface area contributed by atoms with Gasteiger partial charge in [-0.1, -0.05) is 20.8 Å². The van der Waals surface area contributed by atoms with E-state index >= 15 is 0 Å². The first-order chi connectivity index (χ1) is 15.5. The standard InChI is InChI=1S/C27H35N3O3/c1-16(2)33-21-9-7-19(8-10-21)28-26-29-23-13-22(25(31)32)18(4)12-24(23)30(26)20-11-17(3)14-27(5,6)15-20/h7-10,12-13,16-17,20H,11,14-15H2,1-6H3,(H,28,29)(H,31,32)/t17-,20+/m0/s1. The third-order valence-corrected chi connectivity index (χ3v) is 6.48. The second kappa shape index (κ2) is 8.73. The van der Waals surface area contributed by atoms with Gasteiger partial charge in [-0.05, 0) is 93.3 Å². The molecule has 2 atom stereocenters. The molecule has 1 fully saturated rings. The van der Waals surface area contributed by atoms with Crippen LogP contribution in [0.25, 0.3) is 11.0 Å². The zero-order valence-electron chi connectivity index (χ0n) is 20.5. The van der Waals surface area contributed by atoms with Gasteiger partial charge in [-0.2, -0.15) is 0 Å². The predicted molar refractivity (Wildman–Crippen MR) is 133 cm³/mol. The molecule has 1 aromatic heterocycles. The largest absolute Gasteiger partial charge is 0.491 e. The van der Waals surface area contributed by atoms with Crippen molar-refractivity contribution in [2.75, 3.05) is 5.32 Å². The van der Waals surface area contributed by atoms with Crippen molar-refractivity contribution in [1.82, 2.24) is 9.55 Å². The summed E-state index contributed by atoms with van der Waals surface area (Å²) in [6.45, 7) is 12.9. The van der Waals surface area contributed by atoms with E-state index in [4.69, 9.17) is 9.72 Å². The van der Waals surface area contributed by atoms with Gasteiger partial charge in [0.2, 0.25) is 5.95 Å². The first-order valence-electron chi connectivity index (χ1n) is 11.8. The minimum atomic E-state index is -0.924. The molecule has 6 heteroatoms. The van der Waals surface area contributed by atoms with Gasteiger partial charge in [0.1, 0.15) is 5.75 Å². The molecule has 1 heterocycles. The van der Waals surface area contributed by atoms with Gasteiger partial charge in [0.15, 0.2) is 0 Å². The number of aryl methyl sites for hydroxylation is 1. The third-order valence-electron chi connectivity index (χ3n) is 6.48. The highest BCUT2D eigenvalue weighted by molar-refractivity contribution is 5.95. The van der Waals surface area contributed by atoms with E-state index in [2.05, 4.69) is 30.7 Å². The zero-order chi connectivity index (χ0) is 23.9. The number of hydrogen-bond donors (Lipinski definition) is 2. The number of rotatable bonds is 6. The minimum Gasteiger partial charge on any atom is -0.491 e. The van der Waals surface area contributed by atoms with Gasteiger partial charge in [-0.25, -0.2) is 9.78 Å².